The average molecular weight is 506 g/mol. The molecule has 1 N–H and O–H groups in total. The predicted octanol–water partition coefficient (Wildman–Crippen LogP) is 5.21. The van der Waals surface area contributed by atoms with Gasteiger partial charge in [-0.2, -0.15) is 0 Å². The molecular weight excluding hydrogens is 470 g/mol. The summed E-state index contributed by atoms with van der Waals surface area (Å²) in [7, 11) is 3.18. The molecule has 0 saturated carbocycles. The Labute approximate surface area is 218 Å². The highest BCUT2D eigenvalue weighted by Gasteiger charge is 2.22. The highest BCUT2D eigenvalue weighted by Crippen LogP contribution is 2.28. The van der Waals surface area contributed by atoms with E-state index in [1.54, 1.807) is 25.2 Å². The molecule has 3 amide bonds. The maximum Gasteiger partial charge on any atom is 0.322 e. The van der Waals surface area contributed by atoms with Crippen LogP contribution in [0.2, 0.25) is 0 Å². The van der Waals surface area contributed by atoms with E-state index in [-0.39, 0.29) is 25.0 Å². The van der Waals surface area contributed by atoms with Gasteiger partial charge in [-0.3, -0.25) is 4.79 Å². The lowest BCUT2D eigenvalue weighted by molar-refractivity contribution is -0.132. The topological polar surface area (TPSA) is 84.2 Å². The maximum atomic E-state index is 13.5. The largest absolute Gasteiger partial charge is 0.493 e. The Morgan fingerprint density at radius 2 is 1.76 bits per heavy atom. The molecule has 3 aromatic rings. The molecule has 0 aliphatic heterocycles. The van der Waals surface area contributed by atoms with Crippen LogP contribution in [0.5, 0.6) is 11.5 Å². The molecule has 1 aromatic heterocycles. The first-order valence-corrected chi connectivity index (χ1v) is 12.1. The van der Waals surface area contributed by atoms with E-state index >= 15 is 0 Å². The number of urea groups is 1. The van der Waals surface area contributed by atoms with Gasteiger partial charge >= 0.3 is 6.03 Å². The second kappa shape index (κ2) is 13.2. The van der Waals surface area contributed by atoms with Crippen LogP contribution in [0.1, 0.15) is 22.6 Å². The molecule has 0 unspecified atom stereocenters. The number of amides is 3. The standard InChI is InChI=1S/C29H35N3O5/c1-6-16-32(29(34)30-25-10-8-7-9-21(25)2)20-28(33)31(19-24-13-11-22(3)37-24)17-15-23-12-14-26(35-4)27(18-23)36-5/h6-14,18H,1,15-17,19-20H2,2-5H3,(H,30,34). The number of para-hydroxylation sites is 1. The van der Waals surface area contributed by atoms with Crippen molar-refractivity contribution in [2.75, 3.05) is 39.2 Å². The summed E-state index contributed by atoms with van der Waals surface area (Å²) in [6.07, 6.45) is 2.19. The summed E-state index contributed by atoms with van der Waals surface area (Å²) in [4.78, 5) is 29.7. The Morgan fingerprint density at radius 3 is 2.41 bits per heavy atom. The van der Waals surface area contributed by atoms with Crippen molar-refractivity contribution in [1.29, 1.82) is 0 Å². The van der Waals surface area contributed by atoms with Gasteiger partial charge in [-0.25, -0.2) is 4.79 Å². The lowest BCUT2D eigenvalue weighted by Crippen LogP contribution is -2.45. The van der Waals surface area contributed by atoms with Crippen molar-refractivity contribution < 1.29 is 23.5 Å². The molecule has 0 aliphatic carbocycles. The highest BCUT2D eigenvalue weighted by molar-refractivity contribution is 5.93. The van der Waals surface area contributed by atoms with Crippen molar-refractivity contribution in [3.05, 3.63) is 89.9 Å². The summed E-state index contributed by atoms with van der Waals surface area (Å²) >= 11 is 0. The SMILES string of the molecule is C=CCN(CC(=O)N(CCc1ccc(OC)c(OC)c1)Cc1ccc(C)o1)C(=O)Nc1ccccc1C. The van der Waals surface area contributed by atoms with Crippen LogP contribution in [-0.2, 0) is 17.8 Å². The van der Waals surface area contributed by atoms with Crippen LogP contribution in [0.25, 0.3) is 0 Å². The Morgan fingerprint density at radius 1 is 1.00 bits per heavy atom. The number of methoxy groups -OCH3 is 2. The maximum absolute atomic E-state index is 13.5. The minimum atomic E-state index is -0.365. The molecular formula is C29H35N3O5. The smallest absolute Gasteiger partial charge is 0.322 e. The van der Waals surface area contributed by atoms with Gasteiger partial charge in [0.15, 0.2) is 11.5 Å². The van der Waals surface area contributed by atoms with E-state index in [9.17, 15) is 9.59 Å². The summed E-state index contributed by atoms with van der Waals surface area (Å²) in [5.74, 6) is 2.52. The zero-order valence-corrected chi connectivity index (χ0v) is 22.0. The number of rotatable bonds is 12. The Kier molecular flexibility index (Phi) is 9.77. The van der Waals surface area contributed by atoms with Crippen molar-refractivity contribution >= 4 is 17.6 Å². The third kappa shape index (κ3) is 7.64. The fourth-order valence-corrected chi connectivity index (χ4v) is 3.90. The van der Waals surface area contributed by atoms with Crippen LogP contribution in [0, 0.1) is 13.8 Å². The van der Waals surface area contributed by atoms with Gasteiger partial charge in [0.25, 0.3) is 0 Å². The number of furan rings is 1. The van der Waals surface area contributed by atoms with Crippen LogP contribution < -0.4 is 14.8 Å². The normalized spacial score (nSPS) is 10.5. The summed E-state index contributed by atoms with van der Waals surface area (Å²) in [6.45, 7) is 8.38. The lowest BCUT2D eigenvalue weighted by Gasteiger charge is -2.27. The van der Waals surface area contributed by atoms with E-state index < -0.39 is 0 Å². The molecule has 0 aliphatic rings. The molecule has 0 bridgehead atoms. The number of hydrogen-bond acceptors (Lipinski definition) is 5. The van der Waals surface area contributed by atoms with Gasteiger partial charge in [-0.1, -0.05) is 30.3 Å². The van der Waals surface area contributed by atoms with Crippen molar-refractivity contribution in [2.24, 2.45) is 0 Å². The van der Waals surface area contributed by atoms with Crippen LogP contribution in [0.15, 0.2) is 71.7 Å². The molecule has 3 rings (SSSR count). The van der Waals surface area contributed by atoms with Crippen LogP contribution in [0.3, 0.4) is 0 Å². The van der Waals surface area contributed by atoms with Crippen molar-refractivity contribution in [1.82, 2.24) is 9.80 Å². The second-order valence-corrected chi connectivity index (χ2v) is 8.68. The molecule has 37 heavy (non-hydrogen) atoms. The number of aryl methyl sites for hydroxylation is 2. The van der Waals surface area contributed by atoms with E-state index in [0.717, 1.165) is 16.9 Å². The van der Waals surface area contributed by atoms with Gasteiger partial charge < -0.3 is 29.0 Å². The zero-order valence-electron chi connectivity index (χ0n) is 22.0. The molecule has 0 spiro atoms. The Bertz CT molecular complexity index is 1220. The van der Waals surface area contributed by atoms with Gasteiger partial charge in [0, 0.05) is 18.8 Å². The second-order valence-electron chi connectivity index (χ2n) is 8.68. The summed E-state index contributed by atoms with van der Waals surface area (Å²) in [6, 6.07) is 16.6. The van der Waals surface area contributed by atoms with Crippen molar-refractivity contribution in [2.45, 2.75) is 26.8 Å². The van der Waals surface area contributed by atoms with E-state index in [0.29, 0.717) is 42.5 Å². The number of nitrogens with one attached hydrogen (secondary N) is 1. The highest BCUT2D eigenvalue weighted by atomic mass is 16.5. The third-order valence-electron chi connectivity index (χ3n) is 5.96. The quantitative estimate of drug-likeness (QED) is 0.342. The van der Waals surface area contributed by atoms with Crippen molar-refractivity contribution in [3.8, 4) is 11.5 Å². The molecule has 8 nitrogen and oxygen atoms in total. The van der Waals surface area contributed by atoms with E-state index in [2.05, 4.69) is 11.9 Å². The number of carbonyl (C=O) groups is 2. The first kappa shape index (κ1) is 27.4. The summed E-state index contributed by atoms with van der Waals surface area (Å²) < 4.78 is 16.5. The van der Waals surface area contributed by atoms with Crippen molar-refractivity contribution in [3.63, 3.8) is 0 Å². The molecule has 196 valence electrons. The minimum Gasteiger partial charge on any atom is -0.493 e. The Hall–Kier alpha value is -4.20. The van der Waals surface area contributed by atoms with Gasteiger partial charge in [0.2, 0.25) is 5.91 Å². The lowest BCUT2D eigenvalue weighted by atomic mass is 10.1. The summed E-state index contributed by atoms with van der Waals surface area (Å²) in [5, 5.41) is 2.90. The number of ether oxygens (including phenoxy) is 2. The Balaban J connectivity index is 1.75. The number of anilines is 1. The monoisotopic (exact) mass is 505 g/mol. The number of benzene rings is 2. The third-order valence-corrected chi connectivity index (χ3v) is 5.96. The first-order valence-electron chi connectivity index (χ1n) is 12.1. The number of hydrogen-bond donors (Lipinski definition) is 1. The average Bonchev–Trinajstić information content (AvgIpc) is 3.31. The molecule has 2 aromatic carbocycles. The number of carbonyl (C=O) groups excluding carboxylic acids is 2. The van der Waals surface area contributed by atoms with Crippen LogP contribution >= 0.6 is 0 Å². The van der Waals surface area contributed by atoms with Crippen LogP contribution in [0.4, 0.5) is 10.5 Å². The fraction of sp³-hybridized carbons (Fsp3) is 0.310. The van der Waals surface area contributed by atoms with E-state index in [1.165, 1.54) is 4.90 Å². The zero-order chi connectivity index (χ0) is 26.8. The molecule has 0 saturated heterocycles. The van der Waals surface area contributed by atoms with Crippen LogP contribution in [-0.4, -0.2) is 55.6 Å². The molecule has 1 heterocycles. The predicted molar refractivity (Wildman–Crippen MR) is 144 cm³/mol. The molecule has 0 radical (unpaired) electrons. The molecule has 8 heteroatoms. The first-order chi connectivity index (χ1) is 17.8. The van der Waals surface area contributed by atoms with Gasteiger partial charge in [-0.05, 0) is 61.7 Å². The van der Waals surface area contributed by atoms with Gasteiger partial charge in [0.1, 0.15) is 18.1 Å². The minimum absolute atomic E-state index is 0.102. The fourth-order valence-electron chi connectivity index (χ4n) is 3.90. The summed E-state index contributed by atoms with van der Waals surface area (Å²) in [5.41, 5.74) is 2.63. The van der Waals surface area contributed by atoms with E-state index in [4.69, 9.17) is 13.9 Å². The van der Waals surface area contributed by atoms with Gasteiger partial charge in [0.05, 0.1) is 20.8 Å². The number of nitrogens with zero attached hydrogens (tertiary/aromatic N) is 2. The molecule has 0 atom stereocenters. The van der Waals surface area contributed by atoms with E-state index in [1.807, 2.05) is 68.4 Å². The van der Waals surface area contributed by atoms with Gasteiger partial charge in [-0.15, -0.1) is 6.58 Å². The molecule has 0 fully saturated rings.